The van der Waals surface area contributed by atoms with Gasteiger partial charge in [0.05, 0.1) is 11.9 Å². The lowest BCUT2D eigenvalue weighted by molar-refractivity contribution is -0.114. The van der Waals surface area contributed by atoms with Crippen LogP contribution in [0.2, 0.25) is 0 Å². The summed E-state index contributed by atoms with van der Waals surface area (Å²) in [6.45, 7) is 10.4. The summed E-state index contributed by atoms with van der Waals surface area (Å²) in [5.41, 5.74) is 5.89. The van der Waals surface area contributed by atoms with Gasteiger partial charge in [0.2, 0.25) is 5.91 Å². The summed E-state index contributed by atoms with van der Waals surface area (Å²) in [4.78, 5) is 35.7. The fraction of sp³-hybridized carbons (Fsp3) is 0.320. The number of rotatable bonds is 7. The molecule has 1 amide bonds. The topological polar surface area (TPSA) is 118 Å². The first-order chi connectivity index (χ1) is 16.2. The fourth-order valence-electron chi connectivity index (χ4n) is 3.98. The van der Waals surface area contributed by atoms with Crippen molar-refractivity contribution in [2.75, 3.05) is 5.32 Å². The van der Waals surface area contributed by atoms with Crippen molar-refractivity contribution < 1.29 is 4.79 Å². The minimum atomic E-state index is -0.170. The number of amides is 1. The van der Waals surface area contributed by atoms with E-state index in [9.17, 15) is 9.59 Å². The number of fused-ring (bicyclic) bond motifs is 1. The third-order valence-corrected chi connectivity index (χ3v) is 5.62. The second kappa shape index (κ2) is 9.56. The van der Waals surface area contributed by atoms with E-state index in [-0.39, 0.29) is 17.5 Å². The molecule has 4 heterocycles. The summed E-state index contributed by atoms with van der Waals surface area (Å²) in [7, 11) is 0. The molecule has 0 unspecified atom stereocenters. The number of aromatic nitrogens is 5. The van der Waals surface area contributed by atoms with Gasteiger partial charge in [0.25, 0.3) is 5.56 Å². The number of anilines is 1. The molecule has 0 fully saturated rings. The van der Waals surface area contributed by atoms with Crippen LogP contribution < -0.4 is 16.2 Å². The predicted molar refractivity (Wildman–Crippen MR) is 133 cm³/mol. The smallest absolute Gasteiger partial charge is 0.252 e. The highest BCUT2D eigenvalue weighted by Gasteiger charge is 2.15. The number of aromatic amines is 1. The number of hydrogen-bond acceptors (Lipinski definition) is 6. The van der Waals surface area contributed by atoms with E-state index in [4.69, 9.17) is 4.98 Å². The van der Waals surface area contributed by atoms with Gasteiger partial charge in [-0.25, -0.2) is 14.6 Å². The predicted octanol–water partition coefficient (Wildman–Crippen LogP) is 3.63. The maximum absolute atomic E-state index is 12.4. The number of aryl methyl sites for hydroxylation is 2. The number of carbonyl (C=O) groups is 1. The molecule has 0 aliphatic heterocycles. The lowest BCUT2D eigenvalue weighted by atomic mass is 10.1. The molecule has 4 aromatic heterocycles. The summed E-state index contributed by atoms with van der Waals surface area (Å²) >= 11 is 0. The standard InChI is InChI=1S/C25H29N7O2/c1-14(2)32-24-21(13-28-32)19(10-26-12-20-15(3)8-16(4)29-25(20)34)9-22(31-24)18-6-7-23(27-11-18)30-17(5)33/h6-9,11,13-14,26H,10,12H2,1-5H3,(H,29,34)(H,27,30,33). The van der Waals surface area contributed by atoms with Crippen LogP contribution in [-0.2, 0) is 17.9 Å². The first kappa shape index (κ1) is 23.3. The van der Waals surface area contributed by atoms with E-state index in [1.54, 1.807) is 12.3 Å². The van der Waals surface area contributed by atoms with Crippen molar-refractivity contribution in [2.45, 2.75) is 53.8 Å². The second-order valence-electron chi connectivity index (χ2n) is 8.75. The van der Waals surface area contributed by atoms with Crippen LogP contribution in [0.3, 0.4) is 0 Å². The van der Waals surface area contributed by atoms with Gasteiger partial charge in [-0.05, 0) is 63.1 Å². The lowest BCUT2D eigenvalue weighted by Gasteiger charge is -2.12. The number of pyridine rings is 3. The third kappa shape index (κ3) is 4.89. The molecule has 0 bridgehead atoms. The Balaban J connectivity index is 1.67. The molecule has 34 heavy (non-hydrogen) atoms. The largest absolute Gasteiger partial charge is 0.326 e. The van der Waals surface area contributed by atoms with E-state index in [2.05, 4.69) is 39.5 Å². The van der Waals surface area contributed by atoms with E-state index >= 15 is 0 Å². The van der Waals surface area contributed by atoms with E-state index in [1.165, 1.54) is 6.92 Å². The molecule has 0 spiro atoms. The number of carbonyl (C=O) groups excluding carboxylic acids is 1. The van der Waals surface area contributed by atoms with Crippen LogP contribution in [0.1, 0.15) is 49.2 Å². The number of hydrogen-bond donors (Lipinski definition) is 3. The molecule has 0 saturated heterocycles. The molecule has 0 radical (unpaired) electrons. The van der Waals surface area contributed by atoms with E-state index in [0.717, 1.165) is 44.7 Å². The van der Waals surface area contributed by atoms with Gasteiger partial charge >= 0.3 is 0 Å². The van der Waals surface area contributed by atoms with Gasteiger partial charge in [-0.1, -0.05) is 0 Å². The highest BCUT2D eigenvalue weighted by atomic mass is 16.1. The summed E-state index contributed by atoms with van der Waals surface area (Å²) < 4.78 is 1.90. The highest BCUT2D eigenvalue weighted by molar-refractivity contribution is 5.88. The van der Waals surface area contributed by atoms with Crippen LogP contribution in [0.4, 0.5) is 5.82 Å². The normalized spacial score (nSPS) is 11.4. The molecular formula is C25H29N7O2. The fourth-order valence-corrected chi connectivity index (χ4v) is 3.98. The molecule has 0 aliphatic rings. The Bertz CT molecular complexity index is 1400. The Kier molecular flexibility index (Phi) is 6.56. The van der Waals surface area contributed by atoms with Crippen LogP contribution >= 0.6 is 0 Å². The molecule has 0 aliphatic carbocycles. The summed E-state index contributed by atoms with van der Waals surface area (Å²) in [6, 6.07) is 7.78. The van der Waals surface area contributed by atoms with Gasteiger partial charge in [0.1, 0.15) is 5.82 Å². The van der Waals surface area contributed by atoms with E-state index < -0.39 is 0 Å². The van der Waals surface area contributed by atoms with E-state index in [0.29, 0.717) is 18.9 Å². The minimum absolute atomic E-state index is 0.0662. The highest BCUT2D eigenvalue weighted by Crippen LogP contribution is 2.26. The third-order valence-electron chi connectivity index (χ3n) is 5.62. The second-order valence-corrected chi connectivity index (χ2v) is 8.75. The molecule has 4 aromatic rings. The molecule has 3 N–H and O–H groups in total. The number of H-pyrrole nitrogens is 1. The van der Waals surface area contributed by atoms with Crippen molar-refractivity contribution in [3.05, 3.63) is 69.4 Å². The van der Waals surface area contributed by atoms with Crippen LogP contribution in [0.25, 0.3) is 22.3 Å². The van der Waals surface area contributed by atoms with Crippen molar-refractivity contribution in [2.24, 2.45) is 0 Å². The average Bonchev–Trinajstić information content (AvgIpc) is 3.20. The average molecular weight is 460 g/mol. The Labute approximate surface area is 197 Å². The monoisotopic (exact) mass is 459 g/mol. The molecule has 9 heteroatoms. The van der Waals surface area contributed by atoms with E-state index in [1.807, 2.05) is 42.9 Å². The molecule has 0 aromatic carbocycles. The zero-order chi connectivity index (χ0) is 24.4. The van der Waals surface area contributed by atoms with Crippen molar-refractivity contribution in [1.29, 1.82) is 0 Å². The Hall–Kier alpha value is -3.85. The van der Waals surface area contributed by atoms with Crippen molar-refractivity contribution in [1.82, 2.24) is 30.0 Å². The summed E-state index contributed by atoms with van der Waals surface area (Å²) in [5, 5.41) is 11.6. The molecule has 0 saturated carbocycles. The van der Waals surface area contributed by atoms with Crippen LogP contribution in [-0.4, -0.2) is 30.6 Å². The maximum atomic E-state index is 12.4. The molecule has 9 nitrogen and oxygen atoms in total. The molecule has 4 rings (SSSR count). The molecule has 0 atom stereocenters. The van der Waals surface area contributed by atoms with Gasteiger partial charge in [-0.2, -0.15) is 5.10 Å². The maximum Gasteiger partial charge on any atom is 0.252 e. The Morgan fingerprint density at radius 1 is 1.15 bits per heavy atom. The minimum Gasteiger partial charge on any atom is -0.326 e. The van der Waals surface area contributed by atoms with Crippen LogP contribution in [0.15, 0.2) is 41.5 Å². The Morgan fingerprint density at radius 3 is 2.59 bits per heavy atom. The first-order valence-electron chi connectivity index (χ1n) is 11.2. The first-order valence-corrected chi connectivity index (χ1v) is 11.2. The van der Waals surface area contributed by atoms with Gasteiger partial charge in [0, 0.05) is 54.5 Å². The summed E-state index contributed by atoms with van der Waals surface area (Å²) in [5.74, 6) is 0.321. The lowest BCUT2D eigenvalue weighted by Crippen LogP contribution is -2.23. The Morgan fingerprint density at radius 2 is 1.94 bits per heavy atom. The van der Waals surface area contributed by atoms with Crippen LogP contribution in [0, 0.1) is 13.8 Å². The molecule has 176 valence electrons. The zero-order valence-corrected chi connectivity index (χ0v) is 20.1. The van der Waals surface area contributed by atoms with Crippen molar-refractivity contribution in [3.8, 4) is 11.3 Å². The number of nitrogens with one attached hydrogen (secondary N) is 3. The van der Waals surface area contributed by atoms with Crippen LogP contribution in [0.5, 0.6) is 0 Å². The zero-order valence-electron chi connectivity index (χ0n) is 20.1. The van der Waals surface area contributed by atoms with Crippen molar-refractivity contribution >= 4 is 22.8 Å². The van der Waals surface area contributed by atoms with Gasteiger partial charge in [-0.15, -0.1) is 0 Å². The number of nitrogens with zero attached hydrogens (tertiary/aromatic N) is 4. The quantitative estimate of drug-likeness (QED) is 0.388. The van der Waals surface area contributed by atoms with Gasteiger partial charge in [0.15, 0.2) is 5.65 Å². The SMILES string of the molecule is CC(=O)Nc1ccc(-c2cc(CNCc3c(C)cc(C)[nH]c3=O)c3cnn(C(C)C)c3n2)cn1. The summed E-state index contributed by atoms with van der Waals surface area (Å²) in [6.07, 6.45) is 3.53. The molecular weight excluding hydrogens is 430 g/mol. The van der Waals surface area contributed by atoms with Gasteiger partial charge < -0.3 is 15.6 Å². The van der Waals surface area contributed by atoms with Crippen molar-refractivity contribution in [3.63, 3.8) is 0 Å². The van der Waals surface area contributed by atoms with Gasteiger partial charge in [-0.3, -0.25) is 9.59 Å².